The van der Waals surface area contributed by atoms with Gasteiger partial charge in [-0.2, -0.15) is 0 Å². The highest BCUT2D eigenvalue weighted by Crippen LogP contribution is 2.03. The first-order valence-electron chi connectivity index (χ1n) is 9.98. The molecule has 16 heteroatoms. The molecule has 34 heavy (non-hydrogen) atoms. The Morgan fingerprint density at radius 1 is 0.941 bits per heavy atom. The second-order valence-corrected chi connectivity index (χ2v) is 7.27. The lowest BCUT2D eigenvalue weighted by atomic mass is 10.1. The van der Waals surface area contributed by atoms with E-state index in [-0.39, 0.29) is 19.3 Å². The number of aromatic amines is 1. The number of aliphatic hydroxyl groups is 1. The van der Waals surface area contributed by atoms with Gasteiger partial charge >= 0.3 is 5.97 Å². The van der Waals surface area contributed by atoms with E-state index in [2.05, 4.69) is 20.6 Å². The number of hydrogen-bond donors (Lipinski definition) is 9. The summed E-state index contributed by atoms with van der Waals surface area (Å²) in [5, 5.41) is 25.2. The number of aliphatic hydroxyl groups excluding tert-OH is 1. The summed E-state index contributed by atoms with van der Waals surface area (Å²) in [5.41, 5.74) is 16.1. The van der Waals surface area contributed by atoms with Crippen molar-refractivity contribution in [2.45, 2.75) is 49.9 Å². The van der Waals surface area contributed by atoms with E-state index in [1.165, 1.54) is 12.5 Å². The van der Waals surface area contributed by atoms with Crippen LogP contribution in [0.5, 0.6) is 0 Å². The minimum atomic E-state index is -1.68. The van der Waals surface area contributed by atoms with Gasteiger partial charge in [-0.05, 0) is 6.42 Å². The van der Waals surface area contributed by atoms with Crippen LogP contribution in [0.25, 0.3) is 0 Å². The second kappa shape index (κ2) is 13.5. The van der Waals surface area contributed by atoms with E-state index < -0.39 is 72.7 Å². The van der Waals surface area contributed by atoms with Gasteiger partial charge in [0, 0.05) is 24.7 Å². The maximum atomic E-state index is 12.8. The lowest BCUT2D eigenvalue weighted by Crippen LogP contribution is -2.58. The fourth-order valence-corrected chi connectivity index (χ4v) is 2.67. The maximum Gasteiger partial charge on any atom is 0.326 e. The van der Waals surface area contributed by atoms with Gasteiger partial charge in [-0.25, -0.2) is 9.78 Å². The third-order valence-corrected chi connectivity index (χ3v) is 4.49. The van der Waals surface area contributed by atoms with Gasteiger partial charge in [0.25, 0.3) is 0 Å². The van der Waals surface area contributed by atoms with Crippen LogP contribution in [0.4, 0.5) is 0 Å². The van der Waals surface area contributed by atoms with E-state index in [0.717, 1.165) is 0 Å². The van der Waals surface area contributed by atoms with Gasteiger partial charge in [-0.1, -0.05) is 0 Å². The third-order valence-electron chi connectivity index (χ3n) is 4.49. The van der Waals surface area contributed by atoms with Crippen molar-refractivity contribution in [3.8, 4) is 0 Å². The average Bonchev–Trinajstić information content (AvgIpc) is 3.27. The smallest absolute Gasteiger partial charge is 0.326 e. The number of nitrogens with zero attached hydrogens (tertiary/aromatic N) is 1. The number of nitrogens with two attached hydrogens (primary N) is 3. The molecule has 0 fully saturated rings. The van der Waals surface area contributed by atoms with Crippen molar-refractivity contribution >= 4 is 35.5 Å². The standard InChI is InChI=1S/C18H28N8O8/c19-9(1-2-13(20)28)15(30)24-10(3-8-5-22-7-23-8)16(31)26-12(6-27)17(32)25-11(18(33)34)4-14(21)29/h5,7,9-12,27H,1-4,6,19H2,(H2,20,28)(H2,21,29)(H,22,23)(H,24,30)(H,25,32)(H,26,31)(H,33,34). The normalized spacial score (nSPS) is 14.2. The van der Waals surface area contributed by atoms with Crippen LogP contribution < -0.4 is 33.2 Å². The molecule has 4 atom stereocenters. The Bertz CT molecular complexity index is 891. The number of imidazole rings is 1. The van der Waals surface area contributed by atoms with E-state index in [1.54, 1.807) is 0 Å². The highest BCUT2D eigenvalue weighted by Gasteiger charge is 2.31. The number of rotatable bonds is 15. The van der Waals surface area contributed by atoms with Crippen LogP contribution >= 0.6 is 0 Å². The molecule has 12 N–H and O–H groups in total. The maximum absolute atomic E-state index is 12.8. The molecule has 0 bridgehead atoms. The van der Waals surface area contributed by atoms with Gasteiger partial charge in [-0.3, -0.25) is 24.0 Å². The second-order valence-electron chi connectivity index (χ2n) is 7.27. The van der Waals surface area contributed by atoms with Crippen molar-refractivity contribution in [3.63, 3.8) is 0 Å². The summed E-state index contributed by atoms with van der Waals surface area (Å²) < 4.78 is 0. The summed E-state index contributed by atoms with van der Waals surface area (Å²) in [4.78, 5) is 77.2. The number of aromatic nitrogens is 2. The van der Waals surface area contributed by atoms with Gasteiger partial charge in [0.05, 0.1) is 25.4 Å². The minimum Gasteiger partial charge on any atom is -0.480 e. The molecule has 1 aromatic heterocycles. The Hall–Kier alpha value is -4.05. The van der Waals surface area contributed by atoms with Gasteiger partial charge in [0.2, 0.25) is 29.5 Å². The summed E-state index contributed by atoms with van der Waals surface area (Å²) in [6, 6.07) is -5.76. The molecule has 0 saturated heterocycles. The molecule has 188 valence electrons. The molecule has 0 radical (unpaired) electrons. The number of H-pyrrole nitrogens is 1. The van der Waals surface area contributed by atoms with Crippen molar-refractivity contribution in [1.29, 1.82) is 0 Å². The highest BCUT2D eigenvalue weighted by molar-refractivity contribution is 5.95. The summed E-state index contributed by atoms with van der Waals surface area (Å²) >= 11 is 0. The topological polar surface area (TPSA) is 286 Å². The Morgan fingerprint density at radius 2 is 1.53 bits per heavy atom. The number of carbonyl (C=O) groups is 6. The third kappa shape index (κ3) is 9.61. The molecular weight excluding hydrogens is 456 g/mol. The molecule has 0 aliphatic heterocycles. The zero-order valence-electron chi connectivity index (χ0n) is 18.0. The predicted octanol–water partition coefficient (Wildman–Crippen LogP) is -5.05. The zero-order valence-corrected chi connectivity index (χ0v) is 18.0. The lowest BCUT2D eigenvalue weighted by Gasteiger charge is -2.24. The van der Waals surface area contributed by atoms with Crippen molar-refractivity contribution in [2.75, 3.05) is 6.61 Å². The van der Waals surface area contributed by atoms with Crippen molar-refractivity contribution in [2.24, 2.45) is 17.2 Å². The van der Waals surface area contributed by atoms with Crippen LogP contribution in [0.1, 0.15) is 25.0 Å². The molecule has 1 aromatic rings. The molecule has 0 spiro atoms. The number of amides is 5. The fraction of sp³-hybridized carbons (Fsp3) is 0.500. The van der Waals surface area contributed by atoms with E-state index in [0.29, 0.717) is 5.69 Å². The van der Waals surface area contributed by atoms with Gasteiger partial charge in [-0.15, -0.1) is 0 Å². The van der Waals surface area contributed by atoms with Crippen LogP contribution in [-0.2, 0) is 35.2 Å². The number of hydrogen-bond acceptors (Lipinski definition) is 9. The van der Waals surface area contributed by atoms with Crippen molar-refractivity contribution < 1.29 is 39.0 Å². The van der Waals surface area contributed by atoms with E-state index in [4.69, 9.17) is 22.3 Å². The highest BCUT2D eigenvalue weighted by atomic mass is 16.4. The van der Waals surface area contributed by atoms with Crippen LogP contribution in [0.2, 0.25) is 0 Å². The minimum absolute atomic E-state index is 0.0718. The van der Waals surface area contributed by atoms with Gasteiger partial charge in [0.1, 0.15) is 18.1 Å². The van der Waals surface area contributed by atoms with Crippen LogP contribution in [0, 0.1) is 0 Å². The number of aliphatic carboxylic acids is 1. The van der Waals surface area contributed by atoms with E-state index >= 15 is 0 Å². The number of nitrogens with one attached hydrogen (secondary N) is 4. The molecule has 0 aliphatic carbocycles. The number of carboxylic acid groups (broad SMARTS) is 1. The van der Waals surface area contributed by atoms with Crippen LogP contribution in [0.15, 0.2) is 12.5 Å². The molecule has 0 aliphatic rings. The lowest BCUT2D eigenvalue weighted by molar-refractivity contribution is -0.144. The SMILES string of the molecule is NC(=O)CCC(N)C(=O)NC(Cc1cnc[nH]1)C(=O)NC(CO)C(=O)NC(CC(N)=O)C(=O)O. The summed E-state index contributed by atoms with van der Waals surface area (Å²) in [5.74, 6) is -6.01. The molecule has 16 nitrogen and oxygen atoms in total. The number of carbonyl (C=O) groups excluding carboxylic acids is 5. The van der Waals surface area contributed by atoms with Crippen molar-refractivity contribution in [3.05, 3.63) is 18.2 Å². The van der Waals surface area contributed by atoms with Crippen LogP contribution in [0.3, 0.4) is 0 Å². The Balaban J connectivity index is 2.92. The molecule has 1 rings (SSSR count). The predicted molar refractivity (Wildman–Crippen MR) is 113 cm³/mol. The van der Waals surface area contributed by atoms with Crippen LogP contribution in [-0.4, -0.2) is 86.5 Å². The first-order chi connectivity index (χ1) is 15.9. The average molecular weight is 484 g/mol. The Kier molecular flexibility index (Phi) is 11.1. The summed E-state index contributed by atoms with van der Waals surface area (Å²) in [7, 11) is 0. The summed E-state index contributed by atoms with van der Waals surface area (Å²) in [6.45, 7) is -0.927. The molecular formula is C18H28N8O8. The zero-order chi connectivity index (χ0) is 25.8. The molecule has 0 aromatic carbocycles. The Labute approximate surface area is 193 Å². The molecule has 1 heterocycles. The van der Waals surface area contributed by atoms with Gasteiger partial charge < -0.3 is 48.3 Å². The van der Waals surface area contributed by atoms with E-state index in [1.807, 2.05) is 5.32 Å². The monoisotopic (exact) mass is 484 g/mol. The first kappa shape index (κ1) is 28.0. The van der Waals surface area contributed by atoms with Gasteiger partial charge in [0.15, 0.2) is 0 Å². The largest absolute Gasteiger partial charge is 0.480 e. The fourth-order valence-electron chi connectivity index (χ4n) is 2.67. The van der Waals surface area contributed by atoms with E-state index in [9.17, 15) is 33.9 Å². The number of carboxylic acids is 1. The number of primary amides is 2. The Morgan fingerprint density at radius 3 is 2.03 bits per heavy atom. The molecule has 4 unspecified atom stereocenters. The summed E-state index contributed by atoms with van der Waals surface area (Å²) in [6.07, 6.45) is 1.66. The first-order valence-corrected chi connectivity index (χ1v) is 9.98. The molecule has 0 saturated carbocycles. The quantitative estimate of drug-likeness (QED) is 0.114. The van der Waals surface area contributed by atoms with Crippen molar-refractivity contribution in [1.82, 2.24) is 25.9 Å². The molecule has 5 amide bonds.